The van der Waals surface area contributed by atoms with E-state index in [-0.39, 0.29) is 11.8 Å². The third-order valence-electron chi connectivity index (χ3n) is 2.39. The molecule has 0 spiro atoms. The molecule has 0 rings (SSSR count). The van der Waals surface area contributed by atoms with Crippen LogP contribution in [0.2, 0.25) is 0 Å². The first-order valence-corrected chi connectivity index (χ1v) is 8.58. The van der Waals surface area contributed by atoms with Crippen molar-refractivity contribution in [3.05, 3.63) is 50.6 Å². The van der Waals surface area contributed by atoms with Crippen molar-refractivity contribution < 1.29 is 9.59 Å². The van der Waals surface area contributed by atoms with Crippen molar-refractivity contribution >= 4 is 58.2 Å². The fourth-order valence-corrected chi connectivity index (χ4v) is 1.96. The molecule has 0 bridgehead atoms. The van der Waals surface area contributed by atoms with Gasteiger partial charge in [0, 0.05) is 26.2 Å². The highest BCUT2D eigenvalue weighted by Gasteiger charge is 2.18. The van der Waals surface area contributed by atoms with E-state index in [9.17, 15) is 9.59 Å². The third-order valence-corrected chi connectivity index (χ3v) is 3.14. The number of amides is 2. The van der Waals surface area contributed by atoms with E-state index in [1.54, 1.807) is 24.3 Å². The molecule has 0 heterocycles. The van der Waals surface area contributed by atoms with Gasteiger partial charge in [0.05, 0.1) is 0 Å². The van der Waals surface area contributed by atoms with Crippen LogP contribution < -0.4 is 0 Å². The van der Waals surface area contributed by atoms with Crippen molar-refractivity contribution in [1.29, 1.82) is 0 Å². The van der Waals surface area contributed by atoms with E-state index in [1.165, 1.54) is 9.80 Å². The molecule has 0 saturated heterocycles. The van der Waals surface area contributed by atoms with Gasteiger partial charge in [0.1, 0.15) is 0 Å². The minimum Gasteiger partial charge on any atom is -0.333 e. The topological polar surface area (TPSA) is 40.6 Å². The standard InChI is InChI=1S/2C8H11Cl2NO/c2*1-3-5-11(6-4-2)8(12)7(9)10/h2*3-4,7H,1-2,5-6H2. The van der Waals surface area contributed by atoms with Crippen LogP contribution in [-0.2, 0) is 9.59 Å². The SMILES string of the molecule is C=CCN(CC=C)C(=O)C(Cl)Cl.C=CCN(CC=C)C(=O)C(Cl)Cl. The minimum atomic E-state index is -1.01. The van der Waals surface area contributed by atoms with Gasteiger partial charge in [0.25, 0.3) is 11.8 Å². The van der Waals surface area contributed by atoms with Crippen molar-refractivity contribution in [2.24, 2.45) is 0 Å². The summed E-state index contributed by atoms with van der Waals surface area (Å²) in [4.78, 5) is 23.3. The smallest absolute Gasteiger partial charge is 0.256 e. The number of alkyl halides is 4. The van der Waals surface area contributed by atoms with Crippen molar-refractivity contribution in [2.75, 3.05) is 26.2 Å². The molecule has 0 aliphatic carbocycles. The number of rotatable bonds is 10. The lowest BCUT2D eigenvalue weighted by Gasteiger charge is -2.19. The van der Waals surface area contributed by atoms with Crippen LogP contribution in [-0.4, -0.2) is 57.5 Å². The first kappa shape index (κ1) is 25.3. The van der Waals surface area contributed by atoms with E-state index >= 15 is 0 Å². The molecular formula is C16H22Cl4N2O2. The number of carbonyl (C=O) groups excluding carboxylic acids is 2. The van der Waals surface area contributed by atoms with Crippen LogP contribution in [0.15, 0.2) is 50.6 Å². The summed E-state index contributed by atoms with van der Waals surface area (Å²) in [5, 5.41) is 0. The summed E-state index contributed by atoms with van der Waals surface area (Å²) < 4.78 is 0. The molecule has 8 heteroatoms. The zero-order chi connectivity index (χ0) is 19.1. The molecule has 2 amide bonds. The van der Waals surface area contributed by atoms with Crippen LogP contribution in [0.5, 0.6) is 0 Å². The number of carbonyl (C=O) groups is 2. The number of halogens is 4. The molecule has 0 atom stereocenters. The summed E-state index contributed by atoms with van der Waals surface area (Å²) >= 11 is 21.6. The normalized spacial score (nSPS) is 9.58. The van der Waals surface area contributed by atoms with Gasteiger partial charge < -0.3 is 9.80 Å². The Morgan fingerprint density at radius 3 is 1.00 bits per heavy atom. The Hall–Kier alpha value is -0.940. The highest BCUT2D eigenvalue weighted by atomic mass is 35.5. The maximum Gasteiger partial charge on any atom is 0.256 e. The van der Waals surface area contributed by atoms with Gasteiger partial charge >= 0.3 is 0 Å². The van der Waals surface area contributed by atoms with E-state index in [0.29, 0.717) is 26.2 Å². The lowest BCUT2D eigenvalue weighted by molar-refractivity contribution is -0.129. The Labute approximate surface area is 164 Å². The lowest BCUT2D eigenvalue weighted by Crippen LogP contribution is -2.35. The first-order chi connectivity index (χ1) is 11.3. The molecule has 4 nitrogen and oxygen atoms in total. The average molecular weight is 416 g/mol. The van der Waals surface area contributed by atoms with Gasteiger partial charge in [-0.3, -0.25) is 9.59 Å². The van der Waals surface area contributed by atoms with Crippen molar-refractivity contribution in [1.82, 2.24) is 9.80 Å². The predicted molar refractivity (Wildman–Crippen MR) is 105 cm³/mol. The molecule has 0 saturated carbocycles. The van der Waals surface area contributed by atoms with Gasteiger partial charge in [-0.25, -0.2) is 0 Å². The highest BCUT2D eigenvalue weighted by molar-refractivity contribution is 6.53. The van der Waals surface area contributed by atoms with E-state index in [2.05, 4.69) is 26.3 Å². The van der Waals surface area contributed by atoms with Crippen molar-refractivity contribution in [3.8, 4) is 0 Å². The van der Waals surface area contributed by atoms with Crippen LogP contribution in [0.3, 0.4) is 0 Å². The Morgan fingerprint density at radius 2 is 0.875 bits per heavy atom. The Kier molecular flexibility index (Phi) is 16.4. The van der Waals surface area contributed by atoms with E-state index in [1.807, 2.05) is 0 Å². The lowest BCUT2D eigenvalue weighted by atomic mass is 10.4. The van der Waals surface area contributed by atoms with Gasteiger partial charge in [-0.15, -0.1) is 26.3 Å². The molecule has 24 heavy (non-hydrogen) atoms. The molecule has 0 unspecified atom stereocenters. The van der Waals surface area contributed by atoms with Crippen LogP contribution in [0, 0.1) is 0 Å². The van der Waals surface area contributed by atoms with Crippen LogP contribution in [0.4, 0.5) is 0 Å². The number of hydrogen-bond donors (Lipinski definition) is 0. The average Bonchev–Trinajstić information content (AvgIpc) is 2.53. The zero-order valence-electron chi connectivity index (χ0n) is 13.3. The first-order valence-electron chi connectivity index (χ1n) is 6.84. The molecule has 0 aromatic carbocycles. The second-order valence-corrected chi connectivity index (χ2v) is 6.44. The van der Waals surface area contributed by atoms with Gasteiger partial charge in [0.2, 0.25) is 0 Å². The van der Waals surface area contributed by atoms with Crippen LogP contribution in [0.1, 0.15) is 0 Å². The second-order valence-electron chi connectivity index (χ2n) is 4.24. The monoisotopic (exact) mass is 414 g/mol. The summed E-state index contributed by atoms with van der Waals surface area (Å²) in [6.45, 7) is 15.8. The summed E-state index contributed by atoms with van der Waals surface area (Å²) in [5.41, 5.74) is 0. The Balaban J connectivity index is 0. The fourth-order valence-electron chi connectivity index (χ4n) is 1.41. The van der Waals surface area contributed by atoms with Crippen LogP contribution >= 0.6 is 46.4 Å². The second kappa shape index (κ2) is 15.6. The molecule has 136 valence electrons. The van der Waals surface area contributed by atoms with E-state index in [4.69, 9.17) is 46.4 Å². The zero-order valence-corrected chi connectivity index (χ0v) is 16.4. The largest absolute Gasteiger partial charge is 0.333 e. The van der Waals surface area contributed by atoms with Crippen molar-refractivity contribution in [3.63, 3.8) is 0 Å². The Morgan fingerprint density at radius 1 is 0.667 bits per heavy atom. The number of nitrogens with zero attached hydrogens (tertiary/aromatic N) is 2. The maximum atomic E-state index is 11.2. The minimum absolute atomic E-state index is 0.321. The summed E-state index contributed by atoms with van der Waals surface area (Å²) in [7, 11) is 0. The van der Waals surface area contributed by atoms with Crippen LogP contribution in [0.25, 0.3) is 0 Å². The summed E-state index contributed by atoms with van der Waals surface area (Å²) in [6.07, 6.45) is 6.43. The van der Waals surface area contributed by atoms with Gasteiger partial charge in [-0.05, 0) is 0 Å². The van der Waals surface area contributed by atoms with Crippen molar-refractivity contribution in [2.45, 2.75) is 9.67 Å². The summed E-state index contributed by atoms with van der Waals surface area (Å²) in [6, 6.07) is 0. The predicted octanol–water partition coefficient (Wildman–Crippen LogP) is 3.98. The molecule has 0 radical (unpaired) electrons. The van der Waals surface area contributed by atoms with Gasteiger partial charge in [0.15, 0.2) is 9.67 Å². The quantitative estimate of drug-likeness (QED) is 0.400. The molecule has 0 aliphatic rings. The molecule has 0 fully saturated rings. The number of hydrogen-bond acceptors (Lipinski definition) is 2. The fraction of sp³-hybridized carbons (Fsp3) is 0.375. The third kappa shape index (κ3) is 11.6. The molecule has 0 aromatic heterocycles. The molecule has 0 N–H and O–H groups in total. The molecule has 0 aromatic rings. The highest BCUT2D eigenvalue weighted by Crippen LogP contribution is 2.07. The molecule has 0 aliphatic heterocycles. The summed E-state index contributed by atoms with van der Waals surface area (Å²) in [5.74, 6) is -0.642. The van der Waals surface area contributed by atoms with E-state index < -0.39 is 9.67 Å². The Bertz CT molecular complexity index is 380. The van der Waals surface area contributed by atoms with E-state index in [0.717, 1.165) is 0 Å². The van der Waals surface area contributed by atoms with Gasteiger partial charge in [-0.2, -0.15) is 0 Å². The van der Waals surface area contributed by atoms with Gasteiger partial charge in [-0.1, -0.05) is 70.7 Å². The molecular weight excluding hydrogens is 394 g/mol. The maximum absolute atomic E-state index is 11.2.